The number of amides is 2. The van der Waals surface area contributed by atoms with Gasteiger partial charge in [-0.15, -0.1) is 22.7 Å². The Hall–Kier alpha value is -2.83. The Morgan fingerprint density at radius 1 is 1.18 bits per heavy atom. The van der Waals surface area contributed by atoms with Crippen molar-refractivity contribution in [3.05, 3.63) is 57.5 Å². The van der Waals surface area contributed by atoms with E-state index >= 15 is 0 Å². The molecule has 12 heteroatoms. The first-order valence-electron chi connectivity index (χ1n) is 10.1. The maximum Gasteiger partial charge on any atom is 0.416 e. The van der Waals surface area contributed by atoms with Gasteiger partial charge in [0.25, 0.3) is 5.91 Å². The number of aromatic nitrogens is 2. The number of thiazole rings is 2. The third-order valence-electron chi connectivity index (χ3n) is 5.14. The van der Waals surface area contributed by atoms with Crippen molar-refractivity contribution in [1.29, 1.82) is 0 Å². The van der Waals surface area contributed by atoms with Crippen LogP contribution in [-0.4, -0.2) is 39.8 Å². The van der Waals surface area contributed by atoms with Crippen LogP contribution in [0.25, 0.3) is 0 Å². The summed E-state index contributed by atoms with van der Waals surface area (Å²) in [6.07, 6.45) is -1.00. The summed E-state index contributed by atoms with van der Waals surface area (Å²) in [7, 11) is 0. The first-order valence-corrected chi connectivity index (χ1v) is 11.8. The fraction of sp³-hybridized carbons (Fsp3) is 0.333. The van der Waals surface area contributed by atoms with E-state index < -0.39 is 17.6 Å². The van der Waals surface area contributed by atoms with Gasteiger partial charge in [-0.25, -0.2) is 9.97 Å². The highest BCUT2D eigenvalue weighted by Crippen LogP contribution is 2.34. The summed E-state index contributed by atoms with van der Waals surface area (Å²) in [5.41, 5.74) is 0.0420. The third-order valence-corrected chi connectivity index (χ3v) is 6.74. The second-order valence-corrected chi connectivity index (χ2v) is 9.65. The zero-order valence-corrected chi connectivity index (χ0v) is 19.1. The van der Waals surface area contributed by atoms with Gasteiger partial charge in [0.2, 0.25) is 5.91 Å². The molecule has 1 atom stereocenters. The van der Waals surface area contributed by atoms with Crippen LogP contribution in [0, 0.1) is 6.92 Å². The number of halogens is 3. The molecule has 1 fully saturated rings. The van der Waals surface area contributed by atoms with Crippen LogP contribution >= 0.6 is 22.7 Å². The summed E-state index contributed by atoms with van der Waals surface area (Å²) < 4.78 is 38.1. The minimum atomic E-state index is -4.46. The zero-order chi connectivity index (χ0) is 23.6. The van der Waals surface area contributed by atoms with Crippen molar-refractivity contribution in [2.75, 3.05) is 23.7 Å². The molecule has 174 valence electrons. The van der Waals surface area contributed by atoms with Gasteiger partial charge >= 0.3 is 6.18 Å². The largest absolute Gasteiger partial charge is 0.416 e. The van der Waals surface area contributed by atoms with E-state index in [0.29, 0.717) is 10.3 Å². The molecule has 3 heterocycles. The molecule has 1 aliphatic rings. The highest BCUT2D eigenvalue weighted by atomic mass is 32.1. The van der Waals surface area contributed by atoms with Gasteiger partial charge in [0.1, 0.15) is 0 Å². The second kappa shape index (κ2) is 9.57. The number of benzene rings is 1. The monoisotopic (exact) mass is 495 g/mol. The number of rotatable bonds is 6. The van der Waals surface area contributed by atoms with Crippen molar-refractivity contribution in [3.63, 3.8) is 0 Å². The smallest absolute Gasteiger partial charge is 0.301 e. The van der Waals surface area contributed by atoms with Crippen LogP contribution in [0.3, 0.4) is 0 Å². The van der Waals surface area contributed by atoms with Gasteiger partial charge < -0.3 is 5.32 Å². The highest BCUT2D eigenvalue weighted by molar-refractivity contribution is 7.15. The summed E-state index contributed by atoms with van der Waals surface area (Å²) in [5.74, 6) is -0.687. The summed E-state index contributed by atoms with van der Waals surface area (Å²) in [6, 6.07) is 3.96. The number of carbonyl (C=O) groups is 2. The van der Waals surface area contributed by atoms with Gasteiger partial charge in [0, 0.05) is 22.0 Å². The van der Waals surface area contributed by atoms with Crippen molar-refractivity contribution in [2.45, 2.75) is 32.0 Å². The van der Waals surface area contributed by atoms with E-state index in [0.717, 1.165) is 54.2 Å². The molecule has 1 saturated heterocycles. The van der Waals surface area contributed by atoms with Crippen LogP contribution < -0.4 is 10.6 Å². The standard InChI is InChI=1S/C21H20F3N5O2S2/c1-12-9-25-19(33-12)27-17(30)10-29-8-2-3-16(29)15-11-32-20(26-15)28-18(31)13-4-6-14(7-5-13)21(22,23)24/h4-7,9,11,16H,2-3,8,10H2,1H3,(H,25,27,30)(H,26,28,31)/t16-/m1/s1. The number of anilines is 2. The van der Waals surface area contributed by atoms with Gasteiger partial charge in [-0.05, 0) is 50.6 Å². The second-order valence-electron chi connectivity index (χ2n) is 7.56. The lowest BCUT2D eigenvalue weighted by Gasteiger charge is -2.22. The SMILES string of the molecule is Cc1cnc(NC(=O)CN2CCC[C@@H]2c2csc(NC(=O)c3ccc(C(F)(F)F)cc3)n2)s1. The minimum Gasteiger partial charge on any atom is -0.301 e. The van der Waals surface area contributed by atoms with Gasteiger partial charge in [-0.2, -0.15) is 13.2 Å². The first-order chi connectivity index (χ1) is 15.7. The minimum absolute atomic E-state index is 0.0539. The van der Waals surface area contributed by atoms with Crippen LogP contribution in [0.5, 0.6) is 0 Å². The molecule has 2 amide bonds. The van der Waals surface area contributed by atoms with Gasteiger partial charge in [-0.3, -0.25) is 19.8 Å². The van der Waals surface area contributed by atoms with Crippen molar-refractivity contribution >= 4 is 44.8 Å². The molecule has 4 rings (SSSR count). The quantitative estimate of drug-likeness (QED) is 0.505. The first kappa shape index (κ1) is 23.3. The molecule has 2 aromatic heterocycles. The number of nitrogens with one attached hydrogen (secondary N) is 2. The van der Waals surface area contributed by atoms with Crippen LogP contribution in [0.1, 0.15) is 45.4 Å². The lowest BCUT2D eigenvalue weighted by atomic mass is 10.1. The van der Waals surface area contributed by atoms with E-state index in [4.69, 9.17) is 0 Å². The number of nitrogens with zero attached hydrogens (tertiary/aromatic N) is 3. The molecular formula is C21H20F3N5O2S2. The Morgan fingerprint density at radius 3 is 2.61 bits per heavy atom. The molecule has 0 radical (unpaired) electrons. The van der Waals surface area contributed by atoms with E-state index in [1.807, 2.05) is 17.2 Å². The molecular weight excluding hydrogens is 475 g/mol. The number of hydrogen-bond donors (Lipinski definition) is 2. The van der Waals surface area contributed by atoms with Crippen LogP contribution in [0.15, 0.2) is 35.8 Å². The number of alkyl halides is 3. The molecule has 7 nitrogen and oxygen atoms in total. The van der Waals surface area contributed by atoms with E-state index in [2.05, 4.69) is 20.6 Å². The third kappa shape index (κ3) is 5.75. The average Bonchev–Trinajstić information content (AvgIpc) is 3.49. The summed E-state index contributed by atoms with van der Waals surface area (Å²) >= 11 is 2.65. The Bertz CT molecular complexity index is 1140. The molecule has 0 spiro atoms. The highest BCUT2D eigenvalue weighted by Gasteiger charge is 2.31. The molecule has 0 bridgehead atoms. The molecule has 0 saturated carbocycles. The molecule has 0 unspecified atom stereocenters. The van der Waals surface area contributed by atoms with E-state index in [1.165, 1.54) is 22.7 Å². The summed E-state index contributed by atoms with van der Waals surface area (Å²) in [6.45, 7) is 2.87. The van der Waals surface area contributed by atoms with Crippen molar-refractivity contribution in [2.24, 2.45) is 0 Å². The van der Waals surface area contributed by atoms with Crippen molar-refractivity contribution in [1.82, 2.24) is 14.9 Å². The molecule has 3 aromatic rings. The maximum absolute atomic E-state index is 12.7. The molecule has 2 N–H and O–H groups in total. The molecule has 1 aromatic carbocycles. The molecule has 0 aliphatic carbocycles. The van der Waals surface area contributed by atoms with Crippen molar-refractivity contribution < 1.29 is 22.8 Å². The number of carbonyl (C=O) groups excluding carboxylic acids is 2. The van der Waals surface area contributed by atoms with E-state index in [9.17, 15) is 22.8 Å². The topological polar surface area (TPSA) is 87.2 Å². The summed E-state index contributed by atoms with van der Waals surface area (Å²) in [4.78, 5) is 36.5. The predicted molar refractivity (Wildman–Crippen MR) is 121 cm³/mol. The fourth-order valence-corrected chi connectivity index (χ4v) is 5.02. The maximum atomic E-state index is 12.7. The van der Waals surface area contributed by atoms with Gasteiger partial charge in [0.05, 0.1) is 23.8 Å². The lowest BCUT2D eigenvalue weighted by molar-refractivity contribution is -0.137. The predicted octanol–water partition coefficient (Wildman–Crippen LogP) is 4.95. The Labute approximate surface area is 195 Å². The Balaban J connectivity index is 1.36. The van der Waals surface area contributed by atoms with Gasteiger partial charge in [-0.1, -0.05) is 0 Å². The van der Waals surface area contributed by atoms with Crippen LogP contribution in [0.2, 0.25) is 0 Å². The molecule has 1 aliphatic heterocycles. The van der Waals surface area contributed by atoms with E-state index in [1.54, 1.807) is 6.20 Å². The average molecular weight is 496 g/mol. The van der Waals surface area contributed by atoms with Crippen molar-refractivity contribution in [3.8, 4) is 0 Å². The van der Waals surface area contributed by atoms with Gasteiger partial charge in [0.15, 0.2) is 10.3 Å². The number of likely N-dealkylation sites (tertiary alicyclic amines) is 1. The zero-order valence-electron chi connectivity index (χ0n) is 17.5. The Morgan fingerprint density at radius 2 is 1.94 bits per heavy atom. The lowest BCUT2D eigenvalue weighted by Crippen LogP contribution is -2.33. The molecule has 33 heavy (non-hydrogen) atoms. The summed E-state index contributed by atoms with van der Waals surface area (Å²) in [5, 5.41) is 8.18. The number of aryl methyl sites for hydroxylation is 1. The Kier molecular flexibility index (Phi) is 6.77. The van der Waals surface area contributed by atoms with Crippen LogP contribution in [0.4, 0.5) is 23.4 Å². The van der Waals surface area contributed by atoms with E-state index in [-0.39, 0.29) is 24.1 Å². The fourth-order valence-electron chi connectivity index (χ4n) is 3.58. The van der Waals surface area contributed by atoms with Crippen LogP contribution in [-0.2, 0) is 11.0 Å². The normalized spacial score (nSPS) is 16.7. The number of hydrogen-bond acceptors (Lipinski definition) is 7.